The van der Waals surface area contributed by atoms with Crippen LogP contribution >= 0.6 is 12.4 Å². The lowest BCUT2D eigenvalue weighted by atomic mass is 9.92. The van der Waals surface area contributed by atoms with E-state index in [1.54, 1.807) is 0 Å². The first kappa shape index (κ1) is 21.2. The van der Waals surface area contributed by atoms with Crippen LogP contribution in [0, 0.1) is 5.92 Å². The predicted molar refractivity (Wildman–Crippen MR) is 106 cm³/mol. The van der Waals surface area contributed by atoms with Gasteiger partial charge in [0, 0.05) is 38.1 Å². The molecule has 2 saturated heterocycles. The molecule has 1 amide bonds. The first-order valence-corrected chi connectivity index (χ1v) is 9.59. The van der Waals surface area contributed by atoms with Crippen molar-refractivity contribution in [3.63, 3.8) is 0 Å². The number of halogens is 1. The zero-order chi connectivity index (χ0) is 17.6. The van der Waals surface area contributed by atoms with Gasteiger partial charge >= 0.3 is 0 Å². The average molecular weight is 382 g/mol. The van der Waals surface area contributed by atoms with Gasteiger partial charge in [-0.25, -0.2) is 0 Å². The summed E-state index contributed by atoms with van der Waals surface area (Å²) >= 11 is 0. The molecule has 2 aliphatic rings. The van der Waals surface area contributed by atoms with Gasteiger partial charge in [0.05, 0.1) is 6.10 Å². The van der Waals surface area contributed by atoms with Crippen LogP contribution in [0.3, 0.4) is 0 Å². The molecule has 0 aliphatic carbocycles. The maximum atomic E-state index is 12.3. The van der Waals surface area contributed by atoms with Crippen LogP contribution in [0.5, 0.6) is 0 Å². The highest BCUT2D eigenvalue weighted by molar-refractivity contribution is 5.85. The fraction of sp³-hybridized carbons (Fsp3) is 0.650. The number of hydrogen-bond acceptors (Lipinski definition) is 4. The zero-order valence-corrected chi connectivity index (χ0v) is 16.4. The SMILES string of the molecule is C[C@H]1C[C@@H](C(=O)NCc2ccc(CN3CCC(O)CC3)cc2)CCN1.Cl. The van der Waals surface area contributed by atoms with Crippen molar-refractivity contribution in [1.82, 2.24) is 15.5 Å². The summed E-state index contributed by atoms with van der Waals surface area (Å²) in [7, 11) is 0. The van der Waals surface area contributed by atoms with Crippen molar-refractivity contribution >= 4 is 18.3 Å². The van der Waals surface area contributed by atoms with Crippen LogP contribution in [0.4, 0.5) is 0 Å². The molecule has 1 aromatic carbocycles. The molecule has 2 aliphatic heterocycles. The standard InChI is InChI=1S/C20H31N3O2.ClH/c1-15-12-18(6-9-21-15)20(25)22-13-16-2-4-17(5-3-16)14-23-10-7-19(24)8-11-23;/h2-5,15,18-19,21,24H,6-14H2,1H3,(H,22,25);1H/t15-,18-;/m0./s1. The summed E-state index contributed by atoms with van der Waals surface area (Å²) in [6, 6.07) is 8.96. The largest absolute Gasteiger partial charge is 0.393 e. The summed E-state index contributed by atoms with van der Waals surface area (Å²) in [5.74, 6) is 0.328. The number of likely N-dealkylation sites (tertiary alicyclic amines) is 1. The van der Waals surface area contributed by atoms with Gasteiger partial charge in [-0.2, -0.15) is 0 Å². The zero-order valence-electron chi connectivity index (χ0n) is 15.6. The second-order valence-electron chi connectivity index (χ2n) is 7.62. The van der Waals surface area contributed by atoms with Gasteiger partial charge in [0.15, 0.2) is 0 Å². The summed E-state index contributed by atoms with van der Waals surface area (Å²) < 4.78 is 0. The quantitative estimate of drug-likeness (QED) is 0.730. The second-order valence-corrected chi connectivity index (χ2v) is 7.62. The molecular formula is C20H32ClN3O2. The lowest BCUT2D eigenvalue weighted by molar-refractivity contribution is -0.126. The van der Waals surface area contributed by atoms with Crippen LogP contribution in [0.25, 0.3) is 0 Å². The van der Waals surface area contributed by atoms with Crippen LogP contribution in [-0.2, 0) is 17.9 Å². The molecule has 26 heavy (non-hydrogen) atoms. The number of benzene rings is 1. The Morgan fingerprint density at radius 3 is 2.50 bits per heavy atom. The molecule has 1 aromatic rings. The van der Waals surface area contributed by atoms with Crippen LogP contribution in [0.2, 0.25) is 0 Å². The number of hydrogen-bond donors (Lipinski definition) is 3. The molecular weight excluding hydrogens is 350 g/mol. The number of nitrogens with zero attached hydrogens (tertiary/aromatic N) is 1. The number of piperidine rings is 2. The van der Waals surface area contributed by atoms with Gasteiger partial charge in [0.1, 0.15) is 0 Å². The minimum absolute atomic E-state index is 0. The molecule has 0 radical (unpaired) electrons. The molecule has 2 heterocycles. The van der Waals surface area contributed by atoms with Crippen LogP contribution in [0.15, 0.2) is 24.3 Å². The maximum absolute atomic E-state index is 12.3. The number of carbonyl (C=O) groups is 1. The highest BCUT2D eigenvalue weighted by Gasteiger charge is 2.24. The number of amides is 1. The first-order chi connectivity index (χ1) is 12.1. The summed E-state index contributed by atoms with van der Waals surface area (Å²) in [4.78, 5) is 14.7. The summed E-state index contributed by atoms with van der Waals surface area (Å²) in [6.45, 7) is 6.55. The van der Waals surface area contributed by atoms with Gasteiger partial charge in [0.2, 0.25) is 5.91 Å². The Labute approximate surface area is 162 Å². The number of rotatable bonds is 5. The highest BCUT2D eigenvalue weighted by atomic mass is 35.5. The topological polar surface area (TPSA) is 64.6 Å². The first-order valence-electron chi connectivity index (χ1n) is 9.59. The summed E-state index contributed by atoms with van der Waals surface area (Å²) in [5.41, 5.74) is 2.44. The summed E-state index contributed by atoms with van der Waals surface area (Å²) in [6.07, 6.45) is 3.48. The van der Waals surface area contributed by atoms with Gasteiger partial charge < -0.3 is 15.7 Å². The Morgan fingerprint density at radius 2 is 1.85 bits per heavy atom. The van der Waals surface area contributed by atoms with Gasteiger partial charge in [-0.15, -0.1) is 12.4 Å². The van der Waals surface area contributed by atoms with Crippen LogP contribution < -0.4 is 10.6 Å². The lowest BCUT2D eigenvalue weighted by Gasteiger charge is -2.29. The molecule has 3 N–H and O–H groups in total. The van der Waals surface area contributed by atoms with Gasteiger partial charge in [-0.3, -0.25) is 9.69 Å². The third kappa shape index (κ3) is 6.23. The Hall–Kier alpha value is -1.14. The summed E-state index contributed by atoms with van der Waals surface area (Å²) in [5, 5.41) is 16.1. The number of carbonyl (C=O) groups excluding carboxylic acids is 1. The number of aliphatic hydroxyl groups is 1. The molecule has 2 atom stereocenters. The van der Waals surface area contributed by atoms with Crippen LogP contribution in [-0.4, -0.2) is 47.7 Å². The smallest absolute Gasteiger partial charge is 0.223 e. The van der Waals surface area contributed by atoms with E-state index in [1.165, 1.54) is 5.56 Å². The van der Waals surface area contributed by atoms with Crippen molar-refractivity contribution in [1.29, 1.82) is 0 Å². The molecule has 3 rings (SSSR count). The van der Waals surface area contributed by atoms with E-state index in [2.05, 4.69) is 46.7 Å². The van der Waals surface area contributed by atoms with E-state index in [0.717, 1.165) is 57.4 Å². The Morgan fingerprint density at radius 1 is 1.19 bits per heavy atom. The molecule has 0 bridgehead atoms. The van der Waals surface area contributed by atoms with E-state index in [9.17, 15) is 9.90 Å². The monoisotopic (exact) mass is 381 g/mol. The third-order valence-corrected chi connectivity index (χ3v) is 5.45. The van der Waals surface area contributed by atoms with Crippen molar-refractivity contribution in [2.75, 3.05) is 19.6 Å². The lowest BCUT2D eigenvalue weighted by Crippen LogP contribution is -2.42. The molecule has 6 heteroatoms. The number of aliphatic hydroxyl groups excluding tert-OH is 1. The number of nitrogens with one attached hydrogen (secondary N) is 2. The molecule has 5 nitrogen and oxygen atoms in total. The van der Waals surface area contributed by atoms with Gasteiger partial charge in [0.25, 0.3) is 0 Å². The van der Waals surface area contributed by atoms with Crippen molar-refractivity contribution in [3.05, 3.63) is 35.4 Å². The van der Waals surface area contributed by atoms with E-state index in [-0.39, 0.29) is 30.3 Å². The molecule has 2 fully saturated rings. The highest BCUT2D eigenvalue weighted by Crippen LogP contribution is 2.17. The van der Waals surface area contributed by atoms with Crippen molar-refractivity contribution < 1.29 is 9.90 Å². The Kier molecular flexibility index (Phi) is 8.35. The fourth-order valence-corrected chi connectivity index (χ4v) is 3.80. The van der Waals surface area contributed by atoms with Crippen molar-refractivity contribution in [3.8, 4) is 0 Å². The second kappa shape index (κ2) is 10.3. The molecule has 0 aromatic heterocycles. The fourth-order valence-electron chi connectivity index (χ4n) is 3.80. The van der Waals surface area contributed by atoms with E-state index in [0.29, 0.717) is 12.6 Å². The van der Waals surface area contributed by atoms with E-state index >= 15 is 0 Å². The van der Waals surface area contributed by atoms with Gasteiger partial charge in [-0.1, -0.05) is 24.3 Å². The average Bonchev–Trinajstić information content (AvgIpc) is 2.63. The molecule has 0 unspecified atom stereocenters. The maximum Gasteiger partial charge on any atom is 0.223 e. The molecule has 0 spiro atoms. The minimum Gasteiger partial charge on any atom is -0.393 e. The Bertz CT molecular complexity index is 559. The van der Waals surface area contributed by atoms with Crippen molar-refractivity contribution in [2.24, 2.45) is 5.92 Å². The third-order valence-electron chi connectivity index (χ3n) is 5.45. The van der Waals surface area contributed by atoms with Crippen molar-refractivity contribution in [2.45, 2.75) is 57.8 Å². The minimum atomic E-state index is -0.120. The Balaban J connectivity index is 0.00000243. The van der Waals surface area contributed by atoms with Gasteiger partial charge in [-0.05, 0) is 50.3 Å². The molecule has 146 valence electrons. The van der Waals surface area contributed by atoms with E-state index < -0.39 is 0 Å². The normalized spacial score (nSPS) is 24.7. The van der Waals surface area contributed by atoms with E-state index in [4.69, 9.17) is 0 Å². The predicted octanol–water partition coefficient (Wildman–Crippen LogP) is 2.07. The van der Waals surface area contributed by atoms with Crippen LogP contribution in [0.1, 0.15) is 43.7 Å². The molecule has 0 saturated carbocycles. The van der Waals surface area contributed by atoms with E-state index in [1.807, 2.05) is 0 Å².